The maximum Gasteiger partial charge on any atom is 0.330 e. The Morgan fingerprint density at radius 2 is 1.71 bits per heavy atom. The smallest absolute Gasteiger partial charge is 0.330 e. The van der Waals surface area contributed by atoms with E-state index in [1.165, 1.54) is 12.1 Å². The third kappa shape index (κ3) is 6.79. The fraction of sp³-hybridized carbons (Fsp3) is 0.333. The van der Waals surface area contributed by atoms with Gasteiger partial charge in [-0.05, 0) is 44.2 Å². The molecular formula is C21H25N3O6S. The lowest BCUT2D eigenvalue weighted by Crippen LogP contribution is -2.23. The average molecular weight is 448 g/mol. The van der Waals surface area contributed by atoms with Crippen molar-refractivity contribution in [2.75, 3.05) is 36.0 Å². The van der Waals surface area contributed by atoms with Gasteiger partial charge in [-0.2, -0.15) is 5.26 Å². The van der Waals surface area contributed by atoms with Crippen LogP contribution in [0.2, 0.25) is 0 Å². The number of nitrogens with zero attached hydrogens (tertiary/aromatic N) is 1. The van der Waals surface area contributed by atoms with Crippen LogP contribution in [0.4, 0.5) is 11.4 Å². The van der Waals surface area contributed by atoms with Gasteiger partial charge in [-0.1, -0.05) is 0 Å². The van der Waals surface area contributed by atoms with Gasteiger partial charge in [0.05, 0.1) is 24.8 Å². The molecular weight excluding hydrogens is 422 g/mol. The Balaban J connectivity index is 2.55. The van der Waals surface area contributed by atoms with Gasteiger partial charge in [-0.25, -0.2) is 13.2 Å². The number of rotatable bonds is 11. The van der Waals surface area contributed by atoms with Gasteiger partial charge in [0.2, 0.25) is 0 Å². The van der Waals surface area contributed by atoms with Crippen molar-refractivity contribution in [3.63, 3.8) is 0 Å². The molecule has 2 aromatic carbocycles. The molecule has 1 unspecified atom stereocenters. The second kappa shape index (κ2) is 10.5. The number of carboxylic acid groups (broad SMARTS) is 1. The molecule has 2 aromatic rings. The van der Waals surface area contributed by atoms with Crippen molar-refractivity contribution in [2.45, 2.75) is 19.9 Å². The van der Waals surface area contributed by atoms with Crippen molar-refractivity contribution in [2.24, 2.45) is 0 Å². The van der Waals surface area contributed by atoms with Crippen LogP contribution >= 0.6 is 0 Å². The van der Waals surface area contributed by atoms with Gasteiger partial charge < -0.3 is 25.2 Å². The zero-order valence-electron chi connectivity index (χ0n) is 17.5. The van der Waals surface area contributed by atoms with Gasteiger partial charge in [0.15, 0.2) is 27.4 Å². The van der Waals surface area contributed by atoms with Crippen molar-refractivity contribution >= 4 is 27.2 Å². The molecule has 0 spiro atoms. The van der Waals surface area contributed by atoms with Crippen LogP contribution in [0.15, 0.2) is 36.4 Å². The molecule has 0 heterocycles. The first kappa shape index (κ1) is 23.8. The van der Waals surface area contributed by atoms with Gasteiger partial charge in [0.25, 0.3) is 0 Å². The second-order valence-corrected chi connectivity index (χ2v) is 8.74. The van der Waals surface area contributed by atoms with Crippen LogP contribution in [0.5, 0.6) is 11.5 Å². The Hall–Kier alpha value is -3.45. The van der Waals surface area contributed by atoms with E-state index >= 15 is 0 Å². The number of nitrogens with one attached hydrogen (secondary N) is 2. The number of ether oxygens (including phenoxy) is 2. The van der Waals surface area contributed by atoms with Crippen LogP contribution in [0, 0.1) is 11.3 Å². The maximum absolute atomic E-state index is 12.1. The van der Waals surface area contributed by atoms with E-state index in [-0.39, 0.29) is 17.1 Å². The zero-order valence-corrected chi connectivity index (χ0v) is 18.3. The summed E-state index contributed by atoms with van der Waals surface area (Å²) in [6.07, 6.45) is 1.07. The predicted octanol–water partition coefficient (Wildman–Crippen LogP) is 3.01. The number of sulfone groups is 1. The molecule has 3 N–H and O–H groups in total. The number of nitriles is 1. The summed E-state index contributed by atoms with van der Waals surface area (Å²) >= 11 is 0. The highest BCUT2D eigenvalue weighted by molar-refractivity contribution is 7.90. The first-order valence-electron chi connectivity index (χ1n) is 9.53. The molecule has 0 saturated heterocycles. The predicted molar refractivity (Wildman–Crippen MR) is 117 cm³/mol. The quantitative estimate of drug-likeness (QED) is 0.474. The van der Waals surface area contributed by atoms with E-state index in [0.29, 0.717) is 36.0 Å². The average Bonchev–Trinajstić information content (AvgIpc) is 2.72. The number of anilines is 2. The third-order valence-electron chi connectivity index (χ3n) is 4.12. The molecule has 10 heteroatoms. The van der Waals surface area contributed by atoms with Gasteiger partial charge in [0.1, 0.15) is 5.88 Å². The molecule has 0 aliphatic carbocycles. The van der Waals surface area contributed by atoms with E-state index in [1.807, 2.05) is 6.07 Å². The number of hydrogen-bond donors (Lipinski definition) is 3. The SMILES string of the molecule is CCOc1cc(NCS(C)(=O)=O)c(C(Nc2ccc(C#N)cc2)C(=O)O)cc1OCC. The number of carbonyl (C=O) groups is 1. The molecule has 31 heavy (non-hydrogen) atoms. The Kier molecular flexibility index (Phi) is 8.10. The van der Waals surface area contributed by atoms with E-state index in [9.17, 15) is 18.3 Å². The molecule has 166 valence electrons. The summed E-state index contributed by atoms with van der Waals surface area (Å²) < 4.78 is 34.6. The van der Waals surface area contributed by atoms with Crippen molar-refractivity contribution < 1.29 is 27.8 Å². The Morgan fingerprint density at radius 1 is 1.13 bits per heavy atom. The molecule has 2 rings (SSSR count). The number of aliphatic carboxylic acids is 1. The van der Waals surface area contributed by atoms with Crippen molar-refractivity contribution in [1.29, 1.82) is 5.26 Å². The monoisotopic (exact) mass is 447 g/mol. The summed E-state index contributed by atoms with van der Waals surface area (Å²) in [5.74, 6) is -0.856. The van der Waals surface area contributed by atoms with E-state index < -0.39 is 21.8 Å². The highest BCUT2D eigenvalue weighted by Crippen LogP contribution is 2.38. The van der Waals surface area contributed by atoms with Crippen LogP contribution < -0.4 is 20.1 Å². The normalized spacial score (nSPS) is 11.8. The van der Waals surface area contributed by atoms with Gasteiger partial charge in [-0.3, -0.25) is 0 Å². The molecule has 0 amide bonds. The fourth-order valence-corrected chi connectivity index (χ4v) is 3.21. The lowest BCUT2D eigenvalue weighted by molar-refractivity contribution is -0.138. The molecule has 0 aliphatic rings. The molecule has 0 aromatic heterocycles. The molecule has 0 bridgehead atoms. The molecule has 0 saturated carbocycles. The highest BCUT2D eigenvalue weighted by atomic mass is 32.2. The summed E-state index contributed by atoms with van der Waals surface area (Å²) in [7, 11) is -3.38. The summed E-state index contributed by atoms with van der Waals surface area (Å²) in [5.41, 5.74) is 1.47. The van der Waals surface area contributed by atoms with Crippen molar-refractivity contribution in [1.82, 2.24) is 0 Å². The molecule has 0 fully saturated rings. The van der Waals surface area contributed by atoms with Crippen LogP contribution in [-0.4, -0.2) is 44.8 Å². The fourth-order valence-electron chi connectivity index (χ4n) is 2.79. The van der Waals surface area contributed by atoms with Crippen molar-refractivity contribution in [3.8, 4) is 17.6 Å². The van der Waals surface area contributed by atoms with Gasteiger partial charge >= 0.3 is 5.97 Å². The second-order valence-electron chi connectivity index (χ2n) is 6.60. The van der Waals surface area contributed by atoms with Gasteiger partial charge in [0, 0.05) is 29.3 Å². The van der Waals surface area contributed by atoms with Crippen LogP contribution in [0.1, 0.15) is 31.0 Å². The number of carboxylic acids is 1. The molecule has 1 atom stereocenters. The minimum Gasteiger partial charge on any atom is -0.490 e. The van der Waals surface area contributed by atoms with E-state index in [0.717, 1.165) is 6.26 Å². The zero-order chi connectivity index (χ0) is 23.0. The van der Waals surface area contributed by atoms with Crippen LogP contribution in [0.25, 0.3) is 0 Å². The summed E-state index contributed by atoms with van der Waals surface area (Å²) in [6, 6.07) is 10.1. The number of benzene rings is 2. The third-order valence-corrected chi connectivity index (χ3v) is 4.79. The highest BCUT2D eigenvalue weighted by Gasteiger charge is 2.26. The maximum atomic E-state index is 12.1. The Morgan fingerprint density at radius 3 is 2.19 bits per heavy atom. The number of hydrogen-bond acceptors (Lipinski definition) is 8. The van der Waals surface area contributed by atoms with Gasteiger partial charge in [-0.15, -0.1) is 0 Å². The lowest BCUT2D eigenvalue weighted by atomic mass is 10.0. The minimum absolute atomic E-state index is 0.271. The summed E-state index contributed by atoms with van der Waals surface area (Å²) in [6.45, 7) is 4.25. The largest absolute Gasteiger partial charge is 0.490 e. The Bertz CT molecular complexity index is 1060. The summed E-state index contributed by atoms with van der Waals surface area (Å²) in [5, 5.41) is 24.5. The molecule has 0 aliphatic heterocycles. The molecule has 9 nitrogen and oxygen atoms in total. The topological polar surface area (TPSA) is 138 Å². The van der Waals surface area contributed by atoms with Crippen LogP contribution in [-0.2, 0) is 14.6 Å². The van der Waals surface area contributed by atoms with E-state index in [2.05, 4.69) is 10.6 Å². The summed E-state index contributed by atoms with van der Waals surface area (Å²) in [4.78, 5) is 12.1. The lowest BCUT2D eigenvalue weighted by Gasteiger charge is -2.22. The first-order valence-corrected chi connectivity index (χ1v) is 11.6. The minimum atomic E-state index is -3.38. The molecule has 0 radical (unpaired) electrons. The van der Waals surface area contributed by atoms with Crippen molar-refractivity contribution in [3.05, 3.63) is 47.5 Å². The van der Waals surface area contributed by atoms with Crippen LogP contribution in [0.3, 0.4) is 0 Å². The first-order chi connectivity index (χ1) is 14.7. The van der Waals surface area contributed by atoms with E-state index in [4.69, 9.17) is 14.7 Å². The standard InChI is InChI=1S/C21H25N3O6S/c1-4-29-18-10-16(17(11-19(18)30-5-2)23-13-31(3,27)28)20(21(25)26)24-15-8-6-14(12-22)7-9-15/h6-11,20,23-24H,4-5,13H2,1-3H3,(H,25,26). The Labute approximate surface area is 181 Å². The van der Waals surface area contributed by atoms with E-state index in [1.54, 1.807) is 38.1 Å².